The van der Waals surface area contributed by atoms with Gasteiger partial charge in [-0.25, -0.2) is 17.7 Å². The third-order valence-corrected chi connectivity index (χ3v) is 4.16. The van der Waals surface area contributed by atoms with Gasteiger partial charge in [0.05, 0.1) is 5.75 Å². The number of rotatable bonds is 7. The quantitative estimate of drug-likeness (QED) is 0.768. The van der Waals surface area contributed by atoms with E-state index in [-0.39, 0.29) is 5.75 Å². The van der Waals surface area contributed by atoms with Crippen molar-refractivity contribution in [2.24, 2.45) is 0 Å². The normalized spacial score (nSPS) is 11.6. The zero-order valence-electron chi connectivity index (χ0n) is 11.0. The highest BCUT2D eigenvalue weighted by molar-refractivity contribution is 7.89. The minimum Gasteiger partial charge on any atom is -0.370 e. The summed E-state index contributed by atoms with van der Waals surface area (Å²) in [4.78, 5) is 4.30. The summed E-state index contributed by atoms with van der Waals surface area (Å²) in [5.41, 5.74) is 0. The van der Waals surface area contributed by atoms with Crippen LogP contribution in [0.5, 0.6) is 0 Å². The second-order valence-electron chi connectivity index (χ2n) is 3.96. The molecule has 0 atom stereocenters. The van der Waals surface area contributed by atoms with E-state index in [1.807, 2.05) is 25.1 Å². The van der Waals surface area contributed by atoms with Crippen LogP contribution in [-0.4, -0.2) is 50.6 Å². The fraction of sp³-hybridized carbons (Fsp3) is 0.545. The monoisotopic (exact) mass is 272 g/mol. The smallest absolute Gasteiger partial charge is 0.215 e. The lowest BCUT2D eigenvalue weighted by molar-refractivity contribution is 0.521. The van der Waals surface area contributed by atoms with Crippen molar-refractivity contribution in [2.75, 3.05) is 43.6 Å². The van der Waals surface area contributed by atoms with Gasteiger partial charge in [0, 0.05) is 27.2 Å². The molecule has 0 radical (unpaired) electrons. The van der Waals surface area contributed by atoms with E-state index in [9.17, 15) is 8.42 Å². The molecule has 18 heavy (non-hydrogen) atoms. The van der Waals surface area contributed by atoms with Crippen molar-refractivity contribution in [1.29, 1.82) is 0 Å². The fourth-order valence-corrected chi connectivity index (χ4v) is 2.03. The first-order valence-electron chi connectivity index (χ1n) is 5.80. The molecule has 0 saturated carbocycles. The zero-order valence-corrected chi connectivity index (χ0v) is 11.8. The highest BCUT2D eigenvalue weighted by atomic mass is 32.2. The van der Waals surface area contributed by atoms with Gasteiger partial charge in [0.15, 0.2) is 0 Å². The van der Waals surface area contributed by atoms with Gasteiger partial charge in [-0.3, -0.25) is 0 Å². The fourth-order valence-electron chi connectivity index (χ4n) is 1.30. The van der Waals surface area contributed by atoms with Crippen LogP contribution in [0.25, 0.3) is 0 Å². The van der Waals surface area contributed by atoms with Gasteiger partial charge in [0.1, 0.15) is 11.6 Å². The molecular formula is C11H20N4O2S. The van der Waals surface area contributed by atoms with Crippen LogP contribution in [0.15, 0.2) is 18.2 Å². The number of anilines is 2. The number of aromatic nitrogens is 1. The molecule has 7 heteroatoms. The first kappa shape index (κ1) is 14.7. The molecule has 0 spiro atoms. The first-order valence-corrected chi connectivity index (χ1v) is 7.41. The number of pyridine rings is 1. The summed E-state index contributed by atoms with van der Waals surface area (Å²) in [5.74, 6) is 1.49. The highest BCUT2D eigenvalue weighted by Crippen LogP contribution is 2.08. The van der Waals surface area contributed by atoms with Crippen molar-refractivity contribution in [2.45, 2.75) is 6.92 Å². The van der Waals surface area contributed by atoms with Crippen LogP contribution in [0.2, 0.25) is 0 Å². The molecule has 1 rings (SSSR count). The van der Waals surface area contributed by atoms with Crippen LogP contribution < -0.4 is 10.6 Å². The molecule has 1 aromatic rings. The van der Waals surface area contributed by atoms with Gasteiger partial charge in [-0.15, -0.1) is 0 Å². The maximum Gasteiger partial charge on any atom is 0.215 e. The van der Waals surface area contributed by atoms with Gasteiger partial charge in [0.25, 0.3) is 0 Å². The van der Waals surface area contributed by atoms with Crippen LogP contribution >= 0.6 is 0 Å². The summed E-state index contributed by atoms with van der Waals surface area (Å²) in [6.07, 6.45) is 0. The van der Waals surface area contributed by atoms with E-state index in [2.05, 4.69) is 15.6 Å². The molecule has 0 saturated heterocycles. The van der Waals surface area contributed by atoms with Crippen molar-refractivity contribution < 1.29 is 8.42 Å². The van der Waals surface area contributed by atoms with Gasteiger partial charge < -0.3 is 10.6 Å². The van der Waals surface area contributed by atoms with E-state index in [0.717, 1.165) is 12.4 Å². The summed E-state index contributed by atoms with van der Waals surface area (Å²) < 4.78 is 24.3. The molecule has 0 unspecified atom stereocenters. The maximum absolute atomic E-state index is 11.5. The van der Waals surface area contributed by atoms with E-state index in [4.69, 9.17) is 0 Å². The predicted molar refractivity (Wildman–Crippen MR) is 74.4 cm³/mol. The highest BCUT2D eigenvalue weighted by Gasteiger charge is 2.12. The third kappa shape index (κ3) is 4.50. The first-order chi connectivity index (χ1) is 8.45. The van der Waals surface area contributed by atoms with E-state index >= 15 is 0 Å². The third-order valence-electron chi connectivity index (χ3n) is 2.33. The van der Waals surface area contributed by atoms with Crippen LogP contribution in [-0.2, 0) is 10.0 Å². The molecule has 0 bridgehead atoms. The largest absolute Gasteiger partial charge is 0.370 e. The van der Waals surface area contributed by atoms with Crippen molar-refractivity contribution in [3.05, 3.63) is 18.2 Å². The number of hydrogen-bond donors (Lipinski definition) is 2. The van der Waals surface area contributed by atoms with Crippen molar-refractivity contribution in [1.82, 2.24) is 9.29 Å². The van der Waals surface area contributed by atoms with Crippen molar-refractivity contribution in [3.8, 4) is 0 Å². The average molecular weight is 272 g/mol. The Morgan fingerprint density at radius 2 is 1.83 bits per heavy atom. The number of sulfonamides is 1. The Hall–Kier alpha value is -1.34. The van der Waals surface area contributed by atoms with E-state index in [1.54, 1.807) is 0 Å². The molecule has 1 aromatic heterocycles. The SMILES string of the molecule is CCNc1cccc(NCCS(=O)(=O)N(C)C)n1. The molecular weight excluding hydrogens is 252 g/mol. The van der Waals surface area contributed by atoms with E-state index in [0.29, 0.717) is 12.4 Å². The minimum absolute atomic E-state index is 0.0487. The van der Waals surface area contributed by atoms with Crippen molar-refractivity contribution >= 4 is 21.7 Å². The van der Waals surface area contributed by atoms with Crippen LogP contribution in [0.3, 0.4) is 0 Å². The molecule has 0 aromatic carbocycles. The Bertz CT molecular complexity index is 474. The maximum atomic E-state index is 11.5. The molecule has 0 aliphatic rings. The number of hydrogen-bond acceptors (Lipinski definition) is 5. The molecule has 0 aliphatic carbocycles. The topological polar surface area (TPSA) is 74.3 Å². The standard InChI is InChI=1S/C11H20N4O2S/c1-4-12-10-6-5-7-11(14-10)13-8-9-18(16,17)15(2)3/h5-7H,4,8-9H2,1-3H3,(H2,12,13,14). The Morgan fingerprint density at radius 3 is 2.39 bits per heavy atom. The van der Waals surface area contributed by atoms with Crippen LogP contribution in [0.1, 0.15) is 6.92 Å². The van der Waals surface area contributed by atoms with Gasteiger partial charge in [0.2, 0.25) is 10.0 Å². The van der Waals surface area contributed by atoms with Crippen LogP contribution in [0.4, 0.5) is 11.6 Å². The van der Waals surface area contributed by atoms with E-state index < -0.39 is 10.0 Å². The molecule has 102 valence electrons. The average Bonchev–Trinajstić information content (AvgIpc) is 2.29. The Kier molecular flexibility index (Phi) is 5.36. The van der Waals surface area contributed by atoms with Gasteiger partial charge >= 0.3 is 0 Å². The summed E-state index contributed by atoms with van der Waals surface area (Å²) in [6, 6.07) is 5.54. The Balaban J connectivity index is 2.51. The molecule has 1 heterocycles. The molecule has 0 fully saturated rings. The zero-order chi connectivity index (χ0) is 13.6. The lowest BCUT2D eigenvalue weighted by Crippen LogP contribution is -2.28. The van der Waals surface area contributed by atoms with Gasteiger partial charge in [-0.05, 0) is 19.1 Å². The summed E-state index contributed by atoms with van der Waals surface area (Å²) in [6.45, 7) is 3.12. The Labute approximate surface area is 108 Å². The summed E-state index contributed by atoms with van der Waals surface area (Å²) >= 11 is 0. The van der Waals surface area contributed by atoms with Gasteiger partial charge in [-0.2, -0.15) is 0 Å². The van der Waals surface area contributed by atoms with Crippen LogP contribution in [0, 0.1) is 0 Å². The van der Waals surface area contributed by atoms with Crippen molar-refractivity contribution in [3.63, 3.8) is 0 Å². The molecule has 0 amide bonds. The second-order valence-corrected chi connectivity index (χ2v) is 6.27. The predicted octanol–water partition coefficient (Wildman–Crippen LogP) is 0.817. The Morgan fingerprint density at radius 1 is 1.22 bits per heavy atom. The number of nitrogens with zero attached hydrogens (tertiary/aromatic N) is 2. The molecule has 0 aliphatic heterocycles. The number of nitrogens with one attached hydrogen (secondary N) is 2. The lowest BCUT2D eigenvalue weighted by atomic mass is 10.4. The molecule has 6 nitrogen and oxygen atoms in total. The summed E-state index contributed by atoms with van der Waals surface area (Å²) in [7, 11) is -0.107. The molecule has 2 N–H and O–H groups in total. The lowest BCUT2D eigenvalue weighted by Gasteiger charge is -2.12. The van der Waals surface area contributed by atoms with Gasteiger partial charge in [-0.1, -0.05) is 6.07 Å². The second kappa shape index (κ2) is 6.55. The van der Waals surface area contributed by atoms with E-state index in [1.165, 1.54) is 18.4 Å². The summed E-state index contributed by atoms with van der Waals surface area (Å²) in [5, 5.41) is 6.09. The minimum atomic E-state index is -3.16.